The first-order chi connectivity index (χ1) is 19.8. The Hall–Kier alpha value is -5.01. The second kappa shape index (κ2) is 13.1. The van der Waals surface area contributed by atoms with E-state index in [2.05, 4.69) is 10.3 Å². The number of nitrogens with zero attached hydrogens (tertiary/aromatic N) is 2. The number of nitro benzene ring substituents is 1. The van der Waals surface area contributed by atoms with Crippen LogP contribution in [0.2, 0.25) is 0 Å². The Kier molecular flexibility index (Phi) is 9.83. The molecule has 222 valence electrons. The first-order valence-electron chi connectivity index (χ1n) is 12.9. The summed E-state index contributed by atoms with van der Waals surface area (Å²) in [4.78, 5) is 93.1. The van der Waals surface area contributed by atoms with Gasteiger partial charge in [0.1, 0.15) is 12.1 Å². The predicted octanol–water partition coefficient (Wildman–Crippen LogP) is 1.55. The van der Waals surface area contributed by atoms with Gasteiger partial charge in [-0.1, -0.05) is 32.9 Å². The van der Waals surface area contributed by atoms with Gasteiger partial charge >= 0.3 is 5.97 Å². The summed E-state index contributed by atoms with van der Waals surface area (Å²) in [7, 11) is 1.23. The highest BCUT2D eigenvalue weighted by Gasteiger charge is 2.46. The van der Waals surface area contributed by atoms with Gasteiger partial charge in [0.25, 0.3) is 11.6 Å². The Labute approximate surface area is 239 Å². The average molecular weight is 584 g/mol. The second-order valence-electron chi connectivity index (χ2n) is 10.0. The molecule has 1 amide bonds. The van der Waals surface area contributed by atoms with Gasteiger partial charge in [-0.3, -0.25) is 38.9 Å². The smallest absolute Gasteiger partial charge is 0.308 e. The first kappa shape index (κ1) is 31.5. The van der Waals surface area contributed by atoms with E-state index in [4.69, 9.17) is 9.47 Å². The molecule has 1 fully saturated rings. The Balaban J connectivity index is 2.01. The van der Waals surface area contributed by atoms with Gasteiger partial charge in [0, 0.05) is 30.8 Å². The van der Waals surface area contributed by atoms with Crippen molar-refractivity contribution in [1.29, 1.82) is 0 Å². The number of Topliss-reactive ketones (excluding diaryl/α,β-unsaturated/α-hetero) is 4. The zero-order chi connectivity index (χ0) is 31.3. The lowest BCUT2D eigenvalue weighted by molar-refractivity contribution is -0.384. The first-order valence-corrected chi connectivity index (χ1v) is 12.9. The maximum atomic E-state index is 13.5. The third kappa shape index (κ3) is 6.82. The number of pyridine rings is 1. The molecule has 0 bridgehead atoms. The maximum Gasteiger partial charge on any atom is 0.308 e. The molecule has 4 atom stereocenters. The normalized spacial score (nSPS) is 21.3. The summed E-state index contributed by atoms with van der Waals surface area (Å²) in [6.07, 6.45) is -1.53. The number of ether oxygens (including phenoxy) is 2. The summed E-state index contributed by atoms with van der Waals surface area (Å²) in [5.41, 5.74) is -0.407. The molecule has 0 saturated heterocycles. The number of carbonyl (C=O) groups excluding carboxylic acids is 6. The third-order valence-corrected chi connectivity index (χ3v) is 6.82. The van der Waals surface area contributed by atoms with Crippen molar-refractivity contribution in [1.82, 2.24) is 10.3 Å². The molecular weight excluding hydrogens is 554 g/mol. The van der Waals surface area contributed by atoms with Gasteiger partial charge in [-0.25, -0.2) is 4.98 Å². The largest absolute Gasteiger partial charge is 0.503 e. The van der Waals surface area contributed by atoms with Crippen LogP contribution in [0.15, 0.2) is 36.5 Å². The molecule has 1 aliphatic rings. The Morgan fingerprint density at radius 3 is 2.31 bits per heavy atom. The van der Waals surface area contributed by atoms with E-state index >= 15 is 0 Å². The van der Waals surface area contributed by atoms with Gasteiger partial charge in [0.2, 0.25) is 23.1 Å². The van der Waals surface area contributed by atoms with Gasteiger partial charge < -0.3 is 19.9 Å². The molecule has 14 heteroatoms. The number of esters is 1. The van der Waals surface area contributed by atoms with Crippen LogP contribution in [0.25, 0.3) is 0 Å². The van der Waals surface area contributed by atoms with Crippen LogP contribution in [0.4, 0.5) is 5.69 Å². The third-order valence-electron chi connectivity index (χ3n) is 6.82. The number of ketones is 4. The number of hydrogen-bond donors (Lipinski definition) is 2. The average Bonchev–Trinajstić information content (AvgIpc) is 2.98. The van der Waals surface area contributed by atoms with Gasteiger partial charge in [0.15, 0.2) is 17.2 Å². The molecule has 0 aliphatic heterocycles. The van der Waals surface area contributed by atoms with Crippen LogP contribution in [0.1, 0.15) is 43.2 Å². The number of nitrogens with one attached hydrogen (secondary N) is 1. The van der Waals surface area contributed by atoms with Crippen molar-refractivity contribution in [3.8, 4) is 11.5 Å². The molecule has 1 saturated carbocycles. The molecule has 0 unspecified atom stereocenters. The zero-order valence-corrected chi connectivity index (χ0v) is 23.2. The number of methoxy groups -OCH3 is 1. The molecule has 14 nitrogen and oxygen atoms in total. The predicted molar refractivity (Wildman–Crippen MR) is 143 cm³/mol. The summed E-state index contributed by atoms with van der Waals surface area (Å²) in [5.74, 6) is -10.7. The van der Waals surface area contributed by atoms with Gasteiger partial charge in [-0.2, -0.15) is 0 Å². The lowest BCUT2D eigenvalue weighted by Gasteiger charge is -2.29. The fraction of sp³-hybridized carbons (Fsp3) is 0.393. The molecule has 42 heavy (non-hydrogen) atoms. The zero-order valence-electron chi connectivity index (χ0n) is 23.2. The lowest BCUT2D eigenvalue weighted by atomic mass is 9.81. The van der Waals surface area contributed by atoms with Crippen LogP contribution >= 0.6 is 0 Å². The molecular formula is C28H29N3O11. The van der Waals surface area contributed by atoms with E-state index in [0.29, 0.717) is 5.56 Å². The van der Waals surface area contributed by atoms with Crippen molar-refractivity contribution in [3.63, 3.8) is 0 Å². The highest BCUT2D eigenvalue weighted by Crippen LogP contribution is 2.30. The quantitative estimate of drug-likeness (QED) is 0.196. The summed E-state index contributed by atoms with van der Waals surface area (Å²) in [5, 5.41) is 23.5. The minimum absolute atomic E-state index is 0.101. The molecule has 1 aromatic carbocycles. The number of aromatic nitrogens is 1. The van der Waals surface area contributed by atoms with Crippen molar-refractivity contribution in [2.24, 2.45) is 17.8 Å². The molecule has 2 aromatic rings. The van der Waals surface area contributed by atoms with E-state index in [-0.39, 0.29) is 17.9 Å². The van der Waals surface area contributed by atoms with Crippen molar-refractivity contribution >= 4 is 40.7 Å². The summed E-state index contributed by atoms with van der Waals surface area (Å²) >= 11 is 0. The Morgan fingerprint density at radius 1 is 1.10 bits per heavy atom. The Bertz CT molecular complexity index is 1440. The van der Waals surface area contributed by atoms with Crippen LogP contribution in [0.5, 0.6) is 11.5 Å². The van der Waals surface area contributed by atoms with Crippen LogP contribution in [0, 0.1) is 27.9 Å². The molecule has 3 rings (SSSR count). The van der Waals surface area contributed by atoms with E-state index in [1.807, 2.05) is 0 Å². The van der Waals surface area contributed by atoms with Crippen LogP contribution in [0.3, 0.4) is 0 Å². The second-order valence-corrected chi connectivity index (χ2v) is 10.0. The SMILES string of the molecule is COc1ccnc(C(=O)N[C@H]2CC(=O)C(=O)[C@H](Cc3ccc([N+](=O)[O-])cc3)[C@H](OC(=O)C(C)C)[C@H](C)C(=O)C2=O)c1O. The van der Waals surface area contributed by atoms with E-state index in [1.54, 1.807) is 0 Å². The fourth-order valence-electron chi connectivity index (χ4n) is 4.41. The number of benzene rings is 1. The standard InChI is InChI=1S/C28H29N3O11/c1-13(2)28(38)42-26-14(3)22(33)24(35)18(30-27(37)21-25(36)20(41-4)9-10-29-21)12-19(32)23(34)17(26)11-15-5-7-16(8-6-15)31(39)40/h5-10,13-14,17-18,26,36H,11-12H2,1-4H3,(H,30,37)/t14-,17+,18+,26-/m1/s1. The summed E-state index contributed by atoms with van der Waals surface area (Å²) in [6, 6.07) is 4.58. The highest BCUT2D eigenvalue weighted by atomic mass is 16.6. The van der Waals surface area contributed by atoms with Crippen LogP contribution < -0.4 is 10.1 Å². The summed E-state index contributed by atoms with van der Waals surface area (Å²) in [6.45, 7) is 4.29. The fourth-order valence-corrected chi connectivity index (χ4v) is 4.41. The van der Waals surface area contributed by atoms with E-state index in [9.17, 15) is 44.0 Å². The summed E-state index contributed by atoms with van der Waals surface area (Å²) < 4.78 is 10.5. The number of rotatable bonds is 8. The molecule has 0 radical (unpaired) electrons. The minimum Gasteiger partial charge on any atom is -0.503 e. The van der Waals surface area contributed by atoms with Crippen molar-refractivity contribution < 1.29 is 48.3 Å². The highest BCUT2D eigenvalue weighted by molar-refractivity contribution is 6.44. The van der Waals surface area contributed by atoms with Crippen LogP contribution in [-0.4, -0.2) is 69.3 Å². The molecule has 2 N–H and O–H groups in total. The molecule has 1 aromatic heterocycles. The maximum absolute atomic E-state index is 13.5. The molecule has 1 heterocycles. The van der Waals surface area contributed by atoms with Crippen molar-refractivity contribution in [2.75, 3.05) is 7.11 Å². The number of amides is 1. The number of aromatic hydroxyl groups is 1. The molecule has 1 aliphatic carbocycles. The number of non-ortho nitro benzene ring substituents is 1. The van der Waals surface area contributed by atoms with Gasteiger partial charge in [-0.05, 0) is 12.0 Å². The lowest BCUT2D eigenvalue weighted by Crippen LogP contribution is -2.47. The Morgan fingerprint density at radius 2 is 1.74 bits per heavy atom. The van der Waals surface area contributed by atoms with Crippen LogP contribution in [-0.2, 0) is 35.1 Å². The van der Waals surface area contributed by atoms with E-state index < -0.39 is 87.7 Å². The van der Waals surface area contributed by atoms with E-state index in [1.165, 1.54) is 58.2 Å². The van der Waals surface area contributed by atoms with Gasteiger partial charge in [0.05, 0.1) is 29.8 Å². The minimum atomic E-state index is -1.80. The number of carbonyl (C=O) groups is 6. The van der Waals surface area contributed by atoms with E-state index in [0.717, 1.165) is 6.20 Å². The van der Waals surface area contributed by atoms with Gasteiger partial charge in [-0.15, -0.1) is 0 Å². The topological polar surface area (TPSA) is 209 Å². The molecule has 0 spiro atoms. The number of nitro groups is 1. The van der Waals surface area contributed by atoms with Crippen molar-refractivity contribution in [3.05, 3.63) is 57.9 Å². The number of hydrogen-bond acceptors (Lipinski definition) is 12. The van der Waals surface area contributed by atoms with Crippen molar-refractivity contribution in [2.45, 2.75) is 45.8 Å². The monoisotopic (exact) mass is 583 g/mol.